The number of nitrogens with zero attached hydrogens (tertiary/aromatic N) is 4. The van der Waals surface area contributed by atoms with Crippen LogP contribution in [0.15, 0.2) is 59.0 Å². The maximum absolute atomic E-state index is 9.77. The molecule has 0 saturated heterocycles. The average Bonchev–Trinajstić information content (AvgIpc) is 3.01. The molecule has 0 atom stereocenters. The van der Waals surface area contributed by atoms with E-state index in [4.69, 9.17) is 0 Å². The fourth-order valence-electron chi connectivity index (χ4n) is 1.99. The average molecular weight is 340 g/mol. The molecule has 3 aromatic rings. The van der Waals surface area contributed by atoms with Crippen molar-refractivity contribution in [3.63, 3.8) is 0 Å². The molecule has 24 heavy (non-hydrogen) atoms. The Morgan fingerprint density at radius 1 is 1.17 bits per heavy atom. The second-order valence-electron chi connectivity index (χ2n) is 5.22. The van der Waals surface area contributed by atoms with Crippen LogP contribution in [-0.4, -0.2) is 31.3 Å². The van der Waals surface area contributed by atoms with Gasteiger partial charge in [0.1, 0.15) is 17.8 Å². The summed E-state index contributed by atoms with van der Waals surface area (Å²) in [6.45, 7) is 2.06. The molecule has 7 heteroatoms. The topological polar surface area (TPSA) is 83.5 Å². The number of benzene rings is 2. The zero-order valence-electron chi connectivity index (χ0n) is 13.0. The number of rotatable bonds is 5. The monoisotopic (exact) mass is 340 g/mol. The zero-order valence-corrected chi connectivity index (χ0v) is 13.8. The molecule has 2 aromatic carbocycles. The van der Waals surface area contributed by atoms with Gasteiger partial charge in [-0.2, -0.15) is 9.78 Å². The number of hydrogen-bond acceptors (Lipinski definition) is 6. The van der Waals surface area contributed by atoms with Crippen LogP contribution in [0.4, 0.5) is 0 Å². The highest BCUT2D eigenvalue weighted by atomic mass is 32.2. The summed E-state index contributed by atoms with van der Waals surface area (Å²) in [5, 5.41) is 31.9. The lowest BCUT2D eigenvalue weighted by Gasteiger charge is -2.02. The van der Waals surface area contributed by atoms with Crippen LogP contribution in [0.25, 0.3) is 0 Å². The van der Waals surface area contributed by atoms with E-state index >= 15 is 0 Å². The maximum Gasteiger partial charge on any atom is 0.212 e. The van der Waals surface area contributed by atoms with E-state index in [0.29, 0.717) is 10.7 Å². The van der Waals surface area contributed by atoms with E-state index in [1.165, 1.54) is 47.6 Å². The molecule has 0 spiro atoms. The van der Waals surface area contributed by atoms with Crippen LogP contribution >= 0.6 is 11.8 Å². The molecular weight excluding hydrogens is 324 g/mol. The minimum Gasteiger partial charge on any atom is -0.508 e. The van der Waals surface area contributed by atoms with E-state index in [1.54, 1.807) is 10.7 Å². The molecule has 1 heterocycles. The molecular formula is C17H16N4O2S. The summed E-state index contributed by atoms with van der Waals surface area (Å²) < 4.78 is 1.55. The van der Waals surface area contributed by atoms with E-state index in [9.17, 15) is 10.2 Å². The van der Waals surface area contributed by atoms with Gasteiger partial charge in [-0.05, 0) is 24.6 Å². The third kappa shape index (κ3) is 3.94. The molecule has 0 bridgehead atoms. The summed E-state index contributed by atoms with van der Waals surface area (Å²) in [6.07, 6.45) is 3.00. The number of hydrogen-bond donors (Lipinski definition) is 2. The van der Waals surface area contributed by atoms with Crippen LogP contribution in [0.1, 0.15) is 16.7 Å². The number of aromatic hydroxyl groups is 2. The van der Waals surface area contributed by atoms with E-state index < -0.39 is 0 Å². The summed E-state index contributed by atoms with van der Waals surface area (Å²) in [5.41, 5.74) is 2.92. The Hall–Kier alpha value is -2.80. The second kappa shape index (κ2) is 7.18. The van der Waals surface area contributed by atoms with Crippen LogP contribution in [0.3, 0.4) is 0 Å². The fourth-order valence-corrected chi connectivity index (χ4v) is 2.81. The highest BCUT2D eigenvalue weighted by Gasteiger charge is 2.05. The Bertz CT molecular complexity index is 859. The molecule has 1 aromatic heterocycles. The van der Waals surface area contributed by atoms with Crippen LogP contribution < -0.4 is 0 Å². The van der Waals surface area contributed by atoms with Gasteiger partial charge in [0.25, 0.3) is 0 Å². The SMILES string of the molecule is Cc1ccc(CSc2nncn2/N=C/c2ccc(O)cc2O)cc1. The fraction of sp³-hybridized carbons (Fsp3) is 0.118. The number of phenols is 2. The molecule has 0 aliphatic rings. The number of aryl methyl sites for hydroxylation is 1. The third-order valence-corrected chi connectivity index (χ3v) is 4.33. The minimum absolute atomic E-state index is 0.00305. The van der Waals surface area contributed by atoms with Gasteiger partial charge < -0.3 is 10.2 Å². The molecule has 0 aliphatic heterocycles. The summed E-state index contributed by atoms with van der Waals surface area (Å²) in [7, 11) is 0. The minimum atomic E-state index is -0.0410. The van der Waals surface area contributed by atoms with Crippen molar-refractivity contribution in [2.75, 3.05) is 0 Å². The molecule has 6 nitrogen and oxygen atoms in total. The summed E-state index contributed by atoms with van der Waals surface area (Å²) in [5.74, 6) is 0.725. The number of aromatic nitrogens is 3. The van der Waals surface area contributed by atoms with Gasteiger partial charge in [-0.1, -0.05) is 41.6 Å². The molecule has 0 saturated carbocycles. The predicted molar refractivity (Wildman–Crippen MR) is 93.5 cm³/mol. The largest absolute Gasteiger partial charge is 0.508 e. The molecule has 0 fully saturated rings. The number of thioether (sulfide) groups is 1. The summed E-state index contributed by atoms with van der Waals surface area (Å²) >= 11 is 1.53. The third-order valence-electron chi connectivity index (χ3n) is 3.32. The van der Waals surface area contributed by atoms with Gasteiger partial charge >= 0.3 is 0 Å². The van der Waals surface area contributed by atoms with Gasteiger partial charge in [0.2, 0.25) is 5.16 Å². The van der Waals surface area contributed by atoms with Crippen molar-refractivity contribution in [1.29, 1.82) is 0 Å². The standard InChI is InChI=1S/C17H16N4O2S/c1-12-2-4-13(5-3-12)10-24-17-20-18-11-21(17)19-9-14-6-7-15(22)8-16(14)23/h2-9,11,22-23H,10H2,1H3/b19-9+. The van der Waals surface area contributed by atoms with Gasteiger partial charge in [-0.25, -0.2) is 0 Å². The Labute approximate surface area is 143 Å². The first-order valence-corrected chi connectivity index (χ1v) is 8.25. The van der Waals surface area contributed by atoms with Gasteiger partial charge in [-0.15, -0.1) is 10.2 Å². The molecule has 2 N–H and O–H groups in total. The summed E-state index contributed by atoms with van der Waals surface area (Å²) in [4.78, 5) is 0. The van der Waals surface area contributed by atoms with Gasteiger partial charge in [0, 0.05) is 17.4 Å². The molecule has 0 aliphatic carbocycles. The van der Waals surface area contributed by atoms with Crippen molar-refractivity contribution >= 4 is 18.0 Å². The first kappa shape index (κ1) is 16.1. The van der Waals surface area contributed by atoms with Crippen molar-refractivity contribution < 1.29 is 10.2 Å². The lowest BCUT2D eigenvalue weighted by molar-refractivity contribution is 0.450. The van der Waals surface area contributed by atoms with Crippen molar-refractivity contribution in [3.8, 4) is 11.5 Å². The van der Waals surface area contributed by atoms with Gasteiger partial charge in [0.15, 0.2) is 0 Å². The van der Waals surface area contributed by atoms with Crippen molar-refractivity contribution in [2.45, 2.75) is 17.8 Å². The van der Waals surface area contributed by atoms with Crippen molar-refractivity contribution in [1.82, 2.24) is 14.9 Å². The lowest BCUT2D eigenvalue weighted by atomic mass is 10.2. The van der Waals surface area contributed by atoms with Crippen LogP contribution in [0, 0.1) is 6.92 Å². The Kier molecular flexibility index (Phi) is 4.81. The molecule has 3 rings (SSSR count). The zero-order chi connectivity index (χ0) is 16.9. The summed E-state index contributed by atoms with van der Waals surface area (Å²) in [6, 6.07) is 12.7. The van der Waals surface area contributed by atoms with Gasteiger partial charge in [-0.3, -0.25) is 0 Å². The molecule has 122 valence electrons. The van der Waals surface area contributed by atoms with Gasteiger partial charge in [0.05, 0.1) is 6.21 Å². The Morgan fingerprint density at radius 3 is 2.71 bits per heavy atom. The highest BCUT2D eigenvalue weighted by Crippen LogP contribution is 2.22. The Morgan fingerprint density at radius 2 is 1.96 bits per heavy atom. The van der Waals surface area contributed by atoms with E-state index in [1.807, 2.05) is 0 Å². The molecule has 0 unspecified atom stereocenters. The quantitative estimate of drug-likeness (QED) is 0.550. The predicted octanol–water partition coefficient (Wildman–Crippen LogP) is 3.17. The molecule has 0 amide bonds. The maximum atomic E-state index is 9.77. The van der Waals surface area contributed by atoms with E-state index in [-0.39, 0.29) is 11.5 Å². The Balaban J connectivity index is 1.70. The van der Waals surface area contributed by atoms with Crippen molar-refractivity contribution in [2.24, 2.45) is 5.10 Å². The van der Waals surface area contributed by atoms with E-state index in [0.717, 1.165) is 5.75 Å². The highest BCUT2D eigenvalue weighted by molar-refractivity contribution is 7.98. The first-order valence-electron chi connectivity index (χ1n) is 7.26. The lowest BCUT2D eigenvalue weighted by Crippen LogP contribution is -1.93. The van der Waals surface area contributed by atoms with Crippen LogP contribution in [0.2, 0.25) is 0 Å². The van der Waals surface area contributed by atoms with E-state index in [2.05, 4.69) is 46.5 Å². The number of phenolic OH excluding ortho intramolecular Hbond substituents is 2. The van der Waals surface area contributed by atoms with Crippen LogP contribution in [0.5, 0.6) is 11.5 Å². The van der Waals surface area contributed by atoms with Crippen LogP contribution in [-0.2, 0) is 5.75 Å². The normalized spacial score (nSPS) is 11.2. The smallest absolute Gasteiger partial charge is 0.212 e. The first-order chi connectivity index (χ1) is 11.6. The second-order valence-corrected chi connectivity index (χ2v) is 6.16. The van der Waals surface area contributed by atoms with Crippen molar-refractivity contribution in [3.05, 3.63) is 65.5 Å². The molecule has 0 radical (unpaired) electrons.